The summed E-state index contributed by atoms with van der Waals surface area (Å²) in [6, 6.07) is 5.97. The van der Waals surface area contributed by atoms with E-state index < -0.39 is 0 Å². The fourth-order valence-corrected chi connectivity index (χ4v) is 2.94. The third kappa shape index (κ3) is 2.86. The fourth-order valence-electron chi connectivity index (χ4n) is 2.32. The van der Waals surface area contributed by atoms with Crippen molar-refractivity contribution in [2.24, 2.45) is 0 Å². The smallest absolute Gasteiger partial charge is 0.255 e. The number of rotatable bonds is 2. The van der Waals surface area contributed by atoms with Gasteiger partial charge in [-0.05, 0) is 47.0 Å². The molecule has 0 atom stereocenters. The quantitative estimate of drug-likeness (QED) is 0.824. The number of amides is 1. The molecule has 0 bridgehead atoms. The Morgan fingerprint density at radius 1 is 1.41 bits per heavy atom. The number of carbonyl (C=O) groups excluding carboxylic acids is 1. The maximum atomic E-state index is 12.4. The van der Waals surface area contributed by atoms with Crippen molar-refractivity contribution in [1.82, 2.24) is 4.90 Å². The Balaban J connectivity index is 2.20. The molecule has 1 saturated carbocycles. The molecule has 2 rings (SSSR count). The van der Waals surface area contributed by atoms with Crippen molar-refractivity contribution < 1.29 is 4.79 Å². The second-order valence-electron chi connectivity index (χ2n) is 4.52. The SMILES string of the molecule is CN(C(=O)c1cc(S)ccc1Br)C1CCCC1. The van der Waals surface area contributed by atoms with Gasteiger partial charge < -0.3 is 4.90 Å². The van der Waals surface area contributed by atoms with Gasteiger partial charge in [0, 0.05) is 22.5 Å². The molecule has 1 fully saturated rings. The minimum atomic E-state index is 0.0830. The number of hydrogen-bond donors (Lipinski definition) is 1. The molecule has 1 aliphatic carbocycles. The normalized spacial score (nSPS) is 16.2. The van der Waals surface area contributed by atoms with Crippen LogP contribution in [0.25, 0.3) is 0 Å². The molecular weight excluding hydrogens is 298 g/mol. The zero-order valence-corrected chi connectivity index (χ0v) is 12.3. The van der Waals surface area contributed by atoms with E-state index in [0.717, 1.165) is 22.2 Å². The lowest BCUT2D eigenvalue weighted by Crippen LogP contribution is -2.35. The monoisotopic (exact) mass is 313 g/mol. The standard InChI is InChI=1S/C13H16BrNOS/c1-15(9-4-2-3-5-9)13(16)11-8-10(17)6-7-12(11)14/h6-9,17H,2-5H2,1H3. The van der Waals surface area contributed by atoms with Gasteiger partial charge in [-0.2, -0.15) is 0 Å². The third-order valence-electron chi connectivity index (χ3n) is 3.37. The van der Waals surface area contributed by atoms with E-state index in [2.05, 4.69) is 28.6 Å². The van der Waals surface area contributed by atoms with Crippen LogP contribution in [0.4, 0.5) is 0 Å². The van der Waals surface area contributed by atoms with Crippen LogP contribution in [0.3, 0.4) is 0 Å². The molecule has 1 amide bonds. The van der Waals surface area contributed by atoms with Crippen LogP contribution >= 0.6 is 28.6 Å². The van der Waals surface area contributed by atoms with Crippen LogP contribution in [0, 0.1) is 0 Å². The molecule has 92 valence electrons. The minimum Gasteiger partial charge on any atom is -0.339 e. The number of halogens is 1. The van der Waals surface area contributed by atoms with E-state index in [1.807, 2.05) is 30.1 Å². The van der Waals surface area contributed by atoms with Crippen LogP contribution in [-0.4, -0.2) is 23.9 Å². The Labute approximate surface area is 116 Å². The molecule has 1 aliphatic rings. The predicted molar refractivity (Wildman–Crippen MR) is 75.7 cm³/mol. The predicted octanol–water partition coefficient (Wildman–Crippen LogP) is 3.75. The number of thiol groups is 1. The molecule has 2 nitrogen and oxygen atoms in total. The topological polar surface area (TPSA) is 20.3 Å². The first-order valence-corrected chi connectivity index (χ1v) is 7.09. The molecule has 0 radical (unpaired) electrons. The number of carbonyl (C=O) groups is 1. The van der Waals surface area contributed by atoms with Gasteiger partial charge in [-0.15, -0.1) is 12.6 Å². The molecule has 0 heterocycles. The average Bonchev–Trinajstić information content (AvgIpc) is 2.84. The molecular formula is C13H16BrNOS. The van der Waals surface area contributed by atoms with Crippen LogP contribution in [0.1, 0.15) is 36.0 Å². The van der Waals surface area contributed by atoms with Crippen LogP contribution in [0.5, 0.6) is 0 Å². The lowest BCUT2D eigenvalue weighted by Gasteiger charge is -2.24. The van der Waals surface area contributed by atoms with Crippen LogP contribution in [0.2, 0.25) is 0 Å². The Morgan fingerprint density at radius 3 is 2.71 bits per heavy atom. The summed E-state index contributed by atoms with van der Waals surface area (Å²) < 4.78 is 0.838. The highest BCUT2D eigenvalue weighted by atomic mass is 79.9. The second-order valence-corrected chi connectivity index (χ2v) is 5.89. The van der Waals surface area contributed by atoms with Gasteiger partial charge in [-0.1, -0.05) is 12.8 Å². The zero-order chi connectivity index (χ0) is 12.4. The molecule has 0 spiro atoms. The lowest BCUT2D eigenvalue weighted by atomic mass is 10.1. The first-order chi connectivity index (χ1) is 8.09. The first kappa shape index (κ1) is 13.0. The van der Waals surface area contributed by atoms with Gasteiger partial charge >= 0.3 is 0 Å². The number of benzene rings is 1. The fraction of sp³-hybridized carbons (Fsp3) is 0.462. The summed E-state index contributed by atoms with van der Waals surface area (Å²) in [6.07, 6.45) is 4.72. The second kappa shape index (κ2) is 5.44. The van der Waals surface area contributed by atoms with Gasteiger partial charge in [-0.3, -0.25) is 4.79 Å². The van der Waals surface area contributed by atoms with Crippen molar-refractivity contribution in [2.75, 3.05) is 7.05 Å². The summed E-state index contributed by atoms with van der Waals surface area (Å²) >= 11 is 7.71. The molecule has 0 aliphatic heterocycles. The van der Waals surface area contributed by atoms with E-state index in [1.165, 1.54) is 12.8 Å². The van der Waals surface area contributed by atoms with Crippen molar-refractivity contribution in [2.45, 2.75) is 36.6 Å². The highest BCUT2D eigenvalue weighted by Crippen LogP contribution is 2.26. The van der Waals surface area contributed by atoms with E-state index in [0.29, 0.717) is 11.6 Å². The Morgan fingerprint density at radius 2 is 2.06 bits per heavy atom. The van der Waals surface area contributed by atoms with Crippen molar-refractivity contribution in [3.8, 4) is 0 Å². The summed E-state index contributed by atoms with van der Waals surface area (Å²) in [4.78, 5) is 15.1. The van der Waals surface area contributed by atoms with E-state index in [1.54, 1.807) is 0 Å². The summed E-state index contributed by atoms with van der Waals surface area (Å²) in [5.74, 6) is 0.0830. The van der Waals surface area contributed by atoms with Crippen LogP contribution < -0.4 is 0 Å². The molecule has 17 heavy (non-hydrogen) atoms. The summed E-state index contributed by atoms with van der Waals surface area (Å²) in [6.45, 7) is 0. The van der Waals surface area contributed by atoms with E-state index >= 15 is 0 Å². The molecule has 0 unspecified atom stereocenters. The molecule has 0 saturated heterocycles. The molecule has 0 N–H and O–H groups in total. The highest BCUT2D eigenvalue weighted by Gasteiger charge is 2.25. The van der Waals surface area contributed by atoms with Crippen molar-refractivity contribution in [3.05, 3.63) is 28.2 Å². The Kier molecular flexibility index (Phi) is 4.15. The largest absolute Gasteiger partial charge is 0.339 e. The van der Waals surface area contributed by atoms with Gasteiger partial charge in [0.25, 0.3) is 5.91 Å². The molecule has 0 aromatic heterocycles. The van der Waals surface area contributed by atoms with Gasteiger partial charge in [0.2, 0.25) is 0 Å². The van der Waals surface area contributed by atoms with Gasteiger partial charge in [0.05, 0.1) is 5.56 Å². The van der Waals surface area contributed by atoms with Crippen molar-refractivity contribution in [1.29, 1.82) is 0 Å². The summed E-state index contributed by atoms with van der Waals surface area (Å²) in [7, 11) is 1.90. The van der Waals surface area contributed by atoms with Gasteiger partial charge in [0.15, 0.2) is 0 Å². The molecule has 1 aromatic carbocycles. The minimum absolute atomic E-state index is 0.0830. The van der Waals surface area contributed by atoms with Crippen LogP contribution in [-0.2, 0) is 0 Å². The van der Waals surface area contributed by atoms with E-state index in [9.17, 15) is 4.79 Å². The maximum Gasteiger partial charge on any atom is 0.255 e. The summed E-state index contributed by atoms with van der Waals surface area (Å²) in [5, 5.41) is 0. The first-order valence-electron chi connectivity index (χ1n) is 5.85. The van der Waals surface area contributed by atoms with E-state index in [4.69, 9.17) is 0 Å². The average molecular weight is 314 g/mol. The molecule has 1 aromatic rings. The zero-order valence-electron chi connectivity index (χ0n) is 9.82. The maximum absolute atomic E-state index is 12.4. The van der Waals surface area contributed by atoms with Crippen LogP contribution in [0.15, 0.2) is 27.6 Å². The molecule has 4 heteroatoms. The van der Waals surface area contributed by atoms with Gasteiger partial charge in [0.1, 0.15) is 0 Å². The number of nitrogens with zero attached hydrogens (tertiary/aromatic N) is 1. The highest BCUT2D eigenvalue weighted by molar-refractivity contribution is 9.10. The Bertz CT molecular complexity index is 429. The Hall–Kier alpha value is -0.480. The lowest BCUT2D eigenvalue weighted by molar-refractivity contribution is 0.0734. The van der Waals surface area contributed by atoms with Crippen molar-refractivity contribution in [3.63, 3.8) is 0 Å². The number of hydrogen-bond acceptors (Lipinski definition) is 2. The third-order valence-corrected chi connectivity index (χ3v) is 4.34. The van der Waals surface area contributed by atoms with Gasteiger partial charge in [-0.25, -0.2) is 0 Å². The summed E-state index contributed by atoms with van der Waals surface area (Å²) in [5.41, 5.74) is 0.701. The van der Waals surface area contributed by atoms with Crippen molar-refractivity contribution >= 4 is 34.5 Å². The van der Waals surface area contributed by atoms with E-state index in [-0.39, 0.29) is 5.91 Å².